The molecule has 4 atom stereocenters. The normalized spacial score (nSPS) is 25.3. The van der Waals surface area contributed by atoms with Crippen LogP contribution < -0.4 is 5.32 Å². The summed E-state index contributed by atoms with van der Waals surface area (Å²) in [5.41, 5.74) is 6.60. The highest BCUT2D eigenvalue weighted by Crippen LogP contribution is 2.57. The summed E-state index contributed by atoms with van der Waals surface area (Å²) >= 11 is 1.38. The number of carbonyl (C=O) groups excluding carboxylic acids is 1. The lowest BCUT2D eigenvalue weighted by Crippen LogP contribution is -2.37. The molecule has 1 heterocycles. The number of anilines is 1. The molecular formula is C23H26N2O3S. The van der Waals surface area contributed by atoms with Gasteiger partial charge in [0.25, 0.3) is 0 Å². The molecule has 1 aromatic carbocycles. The van der Waals surface area contributed by atoms with Crippen LogP contribution in [0.4, 0.5) is 5.13 Å². The second-order valence-corrected chi connectivity index (χ2v) is 9.32. The molecule has 2 aliphatic rings. The first kappa shape index (κ1) is 19.8. The number of hydrogen-bond acceptors (Lipinski definition) is 4. The topological polar surface area (TPSA) is 79.3 Å². The quantitative estimate of drug-likeness (QED) is 0.691. The van der Waals surface area contributed by atoms with Crippen LogP contribution in [0.25, 0.3) is 11.3 Å². The molecule has 1 amide bonds. The maximum Gasteiger partial charge on any atom is 0.307 e. The van der Waals surface area contributed by atoms with Gasteiger partial charge in [-0.3, -0.25) is 9.59 Å². The van der Waals surface area contributed by atoms with Gasteiger partial charge in [0.05, 0.1) is 17.5 Å². The molecular weight excluding hydrogens is 384 g/mol. The zero-order valence-electron chi connectivity index (χ0n) is 17.2. The van der Waals surface area contributed by atoms with Crippen molar-refractivity contribution < 1.29 is 14.7 Å². The number of aromatic nitrogens is 1. The van der Waals surface area contributed by atoms with E-state index in [0.717, 1.165) is 29.7 Å². The third-order valence-corrected chi connectivity index (χ3v) is 7.30. The number of amides is 1. The third kappa shape index (κ3) is 3.39. The molecule has 2 aromatic rings. The van der Waals surface area contributed by atoms with E-state index in [-0.39, 0.29) is 17.7 Å². The number of fused-ring (bicyclic) bond motifs is 2. The van der Waals surface area contributed by atoms with Gasteiger partial charge in [0.15, 0.2) is 5.13 Å². The van der Waals surface area contributed by atoms with Gasteiger partial charge < -0.3 is 10.4 Å². The lowest BCUT2D eigenvalue weighted by Gasteiger charge is -2.25. The van der Waals surface area contributed by atoms with Crippen LogP contribution >= 0.6 is 11.3 Å². The highest BCUT2D eigenvalue weighted by atomic mass is 32.1. The first-order valence-corrected chi connectivity index (χ1v) is 10.9. The zero-order chi connectivity index (χ0) is 20.9. The average Bonchev–Trinajstić information content (AvgIpc) is 3.36. The molecule has 0 spiro atoms. The summed E-state index contributed by atoms with van der Waals surface area (Å²) in [6.07, 6.45) is 1.75. The van der Waals surface area contributed by atoms with Crippen LogP contribution in [0.15, 0.2) is 34.7 Å². The summed E-state index contributed by atoms with van der Waals surface area (Å²) < 4.78 is 0. The number of benzene rings is 1. The molecule has 2 N–H and O–H groups in total. The number of aliphatic carboxylic acids is 1. The maximum atomic E-state index is 13.1. The average molecular weight is 411 g/mol. The Morgan fingerprint density at radius 2 is 1.79 bits per heavy atom. The Morgan fingerprint density at radius 1 is 1.10 bits per heavy atom. The Kier molecular flexibility index (Phi) is 5.07. The molecule has 1 aromatic heterocycles. The molecule has 2 saturated carbocycles. The standard InChI is InChI=1S/C23H26N2O3S/c1-11(2)18-15-7-8-16(18)20(22(27)28)19(15)21(26)25-23-24-17(10-29-23)14-6-5-12(3)13(4)9-14/h5-6,9-10,15-16,19-20H,7-8H2,1-4H3,(H,27,28)(H,24,25,26)/t15-,16-,19+,20-/m1/s1. The molecule has 0 radical (unpaired) electrons. The van der Waals surface area contributed by atoms with E-state index in [2.05, 4.69) is 36.3 Å². The minimum atomic E-state index is -0.869. The molecule has 2 aliphatic carbocycles. The van der Waals surface area contributed by atoms with Gasteiger partial charge in [-0.25, -0.2) is 4.98 Å². The molecule has 6 heteroatoms. The molecule has 0 unspecified atom stereocenters. The van der Waals surface area contributed by atoms with E-state index in [4.69, 9.17) is 0 Å². The van der Waals surface area contributed by atoms with E-state index >= 15 is 0 Å². The van der Waals surface area contributed by atoms with Crippen molar-refractivity contribution in [3.63, 3.8) is 0 Å². The summed E-state index contributed by atoms with van der Waals surface area (Å²) in [7, 11) is 0. The van der Waals surface area contributed by atoms with Crippen molar-refractivity contribution in [2.24, 2.45) is 23.7 Å². The number of carboxylic acids is 1. The molecule has 2 fully saturated rings. The predicted molar refractivity (Wildman–Crippen MR) is 115 cm³/mol. The van der Waals surface area contributed by atoms with E-state index in [0.29, 0.717) is 5.13 Å². The minimum Gasteiger partial charge on any atom is -0.481 e. The van der Waals surface area contributed by atoms with E-state index in [9.17, 15) is 14.7 Å². The largest absolute Gasteiger partial charge is 0.481 e. The van der Waals surface area contributed by atoms with Gasteiger partial charge in [-0.05, 0) is 69.6 Å². The maximum absolute atomic E-state index is 13.1. The van der Waals surface area contributed by atoms with Crippen LogP contribution in [0, 0.1) is 37.5 Å². The zero-order valence-corrected chi connectivity index (χ0v) is 18.0. The van der Waals surface area contributed by atoms with Gasteiger partial charge in [0.1, 0.15) is 0 Å². The van der Waals surface area contributed by atoms with Crippen LogP contribution in [0.1, 0.15) is 37.8 Å². The smallest absolute Gasteiger partial charge is 0.307 e. The van der Waals surface area contributed by atoms with E-state index in [1.54, 1.807) is 0 Å². The Morgan fingerprint density at radius 3 is 2.41 bits per heavy atom. The van der Waals surface area contributed by atoms with Gasteiger partial charge in [-0.2, -0.15) is 0 Å². The Balaban J connectivity index is 1.57. The molecule has 2 bridgehead atoms. The van der Waals surface area contributed by atoms with Gasteiger partial charge in [-0.1, -0.05) is 23.3 Å². The van der Waals surface area contributed by atoms with Crippen molar-refractivity contribution in [1.82, 2.24) is 4.98 Å². The van der Waals surface area contributed by atoms with Gasteiger partial charge in [0, 0.05) is 10.9 Å². The molecule has 0 saturated heterocycles. The van der Waals surface area contributed by atoms with E-state index in [1.807, 2.05) is 25.3 Å². The monoisotopic (exact) mass is 410 g/mol. The number of carbonyl (C=O) groups is 2. The number of carboxylic acid groups (broad SMARTS) is 1. The number of allylic oxidation sites excluding steroid dienone is 2. The SMILES string of the molecule is CC(C)=C1[C@H]2CC[C@H]1[C@@H](C(=O)O)[C@H]2C(=O)Nc1nc(-c2ccc(C)c(C)c2)cs1. The second kappa shape index (κ2) is 7.41. The number of hydrogen-bond donors (Lipinski definition) is 2. The third-order valence-electron chi connectivity index (χ3n) is 6.54. The summed E-state index contributed by atoms with van der Waals surface area (Å²) in [5, 5.41) is 15.2. The lowest BCUT2D eigenvalue weighted by atomic mass is 9.79. The van der Waals surface area contributed by atoms with Crippen LogP contribution in [0.2, 0.25) is 0 Å². The molecule has 4 rings (SSSR count). The van der Waals surface area contributed by atoms with Crippen molar-refractivity contribution in [1.29, 1.82) is 0 Å². The van der Waals surface area contributed by atoms with Crippen molar-refractivity contribution >= 4 is 28.3 Å². The number of rotatable bonds is 4. The van der Waals surface area contributed by atoms with Crippen molar-refractivity contribution in [2.45, 2.75) is 40.5 Å². The second-order valence-electron chi connectivity index (χ2n) is 8.46. The van der Waals surface area contributed by atoms with Crippen LogP contribution in [-0.2, 0) is 9.59 Å². The summed E-state index contributed by atoms with van der Waals surface area (Å²) in [6.45, 7) is 8.18. The summed E-state index contributed by atoms with van der Waals surface area (Å²) in [6, 6.07) is 6.18. The van der Waals surface area contributed by atoms with Crippen LogP contribution in [-0.4, -0.2) is 22.0 Å². The number of thiazole rings is 1. The van der Waals surface area contributed by atoms with E-state index in [1.165, 1.54) is 28.0 Å². The number of nitrogens with zero attached hydrogens (tertiary/aromatic N) is 1. The van der Waals surface area contributed by atoms with Crippen molar-refractivity contribution in [3.05, 3.63) is 45.9 Å². The van der Waals surface area contributed by atoms with Crippen molar-refractivity contribution in [3.8, 4) is 11.3 Å². The van der Waals surface area contributed by atoms with Gasteiger partial charge in [-0.15, -0.1) is 11.3 Å². The number of nitrogens with one attached hydrogen (secondary N) is 1. The van der Waals surface area contributed by atoms with Gasteiger partial charge in [0.2, 0.25) is 5.91 Å². The molecule has 0 aliphatic heterocycles. The highest BCUT2D eigenvalue weighted by Gasteiger charge is 2.57. The summed E-state index contributed by atoms with van der Waals surface area (Å²) in [4.78, 5) is 29.6. The van der Waals surface area contributed by atoms with Crippen LogP contribution in [0.5, 0.6) is 0 Å². The van der Waals surface area contributed by atoms with E-state index < -0.39 is 17.8 Å². The fourth-order valence-electron chi connectivity index (χ4n) is 5.16. The lowest BCUT2D eigenvalue weighted by molar-refractivity contribution is -0.148. The Labute approximate surface area is 174 Å². The minimum absolute atomic E-state index is 0.0133. The molecule has 29 heavy (non-hydrogen) atoms. The highest BCUT2D eigenvalue weighted by molar-refractivity contribution is 7.14. The van der Waals surface area contributed by atoms with Crippen molar-refractivity contribution in [2.75, 3.05) is 5.32 Å². The first-order chi connectivity index (χ1) is 13.8. The van der Waals surface area contributed by atoms with Gasteiger partial charge >= 0.3 is 5.97 Å². The molecule has 152 valence electrons. The first-order valence-electron chi connectivity index (χ1n) is 10.0. The Bertz CT molecular complexity index is 1020. The predicted octanol–water partition coefficient (Wildman–Crippen LogP) is 5.06. The fourth-order valence-corrected chi connectivity index (χ4v) is 5.88. The number of aryl methyl sites for hydroxylation is 2. The van der Waals surface area contributed by atoms with Crippen LogP contribution in [0.3, 0.4) is 0 Å². The fraction of sp³-hybridized carbons (Fsp3) is 0.435. The Hall–Kier alpha value is -2.47. The summed E-state index contributed by atoms with van der Waals surface area (Å²) in [5.74, 6) is -2.23. The molecule has 5 nitrogen and oxygen atoms in total.